The van der Waals surface area contributed by atoms with Crippen molar-refractivity contribution in [3.05, 3.63) is 94.0 Å². The fourth-order valence-electron chi connectivity index (χ4n) is 4.21. The maximum atomic E-state index is 14.0. The van der Waals surface area contributed by atoms with Crippen LogP contribution < -0.4 is 9.62 Å². The van der Waals surface area contributed by atoms with Crippen molar-refractivity contribution >= 4 is 43.5 Å². The maximum Gasteiger partial charge on any atom is 0.264 e. The van der Waals surface area contributed by atoms with Gasteiger partial charge in [-0.15, -0.1) is 0 Å². The van der Waals surface area contributed by atoms with Gasteiger partial charge in [0.25, 0.3) is 10.0 Å². The molecule has 0 aliphatic rings. The van der Waals surface area contributed by atoms with E-state index in [9.17, 15) is 18.0 Å². The van der Waals surface area contributed by atoms with Crippen LogP contribution >= 0.6 is 15.9 Å². The van der Waals surface area contributed by atoms with Gasteiger partial charge in [0.2, 0.25) is 11.8 Å². The summed E-state index contributed by atoms with van der Waals surface area (Å²) in [5.41, 5.74) is 3.18. The van der Waals surface area contributed by atoms with Crippen molar-refractivity contribution in [3.8, 4) is 0 Å². The summed E-state index contributed by atoms with van der Waals surface area (Å²) < 4.78 is 30.0. The first kappa shape index (κ1) is 32.3. The van der Waals surface area contributed by atoms with E-state index in [1.165, 1.54) is 4.90 Å². The third kappa shape index (κ3) is 8.66. The zero-order valence-electron chi connectivity index (χ0n) is 24.6. The molecule has 0 saturated carbocycles. The Hall–Kier alpha value is -3.17. The molecule has 0 saturated heterocycles. The molecule has 1 atom stereocenters. The molecule has 2 amide bonds. The third-order valence-corrected chi connectivity index (χ3v) is 9.17. The van der Waals surface area contributed by atoms with Gasteiger partial charge in [0.15, 0.2) is 0 Å². The van der Waals surface area contributed by atoms with E-state index >= 15 is 0 Å². The van der Waals surface area contributed by atoms with Crippen LogP contribution in [0, 0.1) is 12.8 Å². The van der Waals surface area contributed by atoms with Gasteiger partial charge < -0.3 is 10.2 Å². The minimum Gasteiger partial charge on any atom is -0.354 e. The Kier molecular flexibility index (Phi) is 11.2. The van der Waals surface area contributed by atoms with Crippen molar-refractivity contribution in [1.82, 2.24) is 10.2 Å². The number of rotatable bonds is 12. The highest BCUT2D eigenvalue weighted by atomic mass is 79.9. The molecule has 0 unspecified atom stereocenters. The van der Waals surface area contributed by atoms with E-state index in [1.54, 1.807) is 43.3 Å². The Morgan fingerprint density at radius 1 is 0.854 bits per heavy atom. The van der Waals surface area contributed by atoms with Gasteiger partial charge in [-0.25, -0.2) is 8.42 Å². The van der Waals surface area contributed by atoms with Crippen LogP contribution in [0.1, 0.15) is 57.2 Å². The second-order valence-electron chi connectivity index (χ2n) is 11.0. The van der Waals surface area contributed by atoms with E-state index < -0.39 is 28.5 Å². The second-order valence-corrected chi connectivity index (χ2v) is 13.8. The van der Waals surface area contributed by atoms with Crippen molar-refractivity contribution in [3.63, 3.8) is 0 Å². The number of benzene rings is 3. The molecule has 0 fully saturated rings. The third-order valence-electron chi connectivity index (χ3n) is 6.85. The summed E-state index contributed by atoms with van der Waals surface area (Å²) in [6, 6.07) is 20.4. The molecule has 3 rings (SSSR count). The van der Waals surface area contributed by atoms with Crippen molar-refractivity contribution in [2.45, 2.75) is 64.9 Å². The lowest BCUT2D eigenvalue weighted by atomic mass is 10.0. The van der Waals surface area contributed by atoms with Crippen LogP contribution in [-0.4, -0.2) is 44.3 Å². The zero-order chi connectivity index (χ0) is 30.3. The van der Waals surface area contributed by atoms with Gasteiger partial charge in [-0.2, -0.15) is 0 Å². The number of hydrogen-bond acceptors (Lipinski definition) is 4. The van der Waals surface area contributed by atoms with E-state index in [1.807, 2.05) is 57.2 Å². The lowest BCUT2D eigenvalue weighted by Gasteiger charge is -2.32. The van der Waals surface area contributed by atoms with Crippen molar-refractivity contribution < 1.29 is 18.0 Å². The van der Waals surface area contributed by atoms with E-state index in [4.69, 9.17) is 0 Å². The molecular formula is C32H40BrN3O4S. The number of carbonyl (C=O) groups is 2. The summed E-state index contributed by atoms with van der Waals surface area (Å²) in [7, 11) is -4.10. The molecule has 0 aliphatic carbocycles. The minimum atomic E-state index is -4.10. The average Bonchev–Trinajstić information content (AvgIpc) is 2.94. The fraction of sp³-hybridized carbons (Fsp3) is 0.375. The van der Waals surface area contributed by atoms with Gasteiger partial charge in [-0.1, -0.05) is 85.6 Å². The molecule has 3 aromatic carbocycles. The maximum absolute atomic E-state index is 14.0. The normalized spacial score (nSPS) is 12.3. The standard InChI is InChI=1S/C32H40BrN3O4S/c1-22(2)19-34-32(38)25(6)35(20-26-9-13-28(33)14-10-26)31(37)21-36(29-15-11-27(12-16-29)23(3)4)41(39,40)30-17-7-24(5)8-18-30/h7-18,22-23,25H,19-21H2,1-6H3,(H,34,38)/t25-/m1/s1. The van der Waals surface area contributed by atoms with Gasteiger partial charge in [0, 0.05) is 17.6 Å². The summed E-state index contributed by atoms with van der Waals surface area (Å²) in [6.07, 6.45) is 0. The summed E-state index contributed by atoms with van der Waals surface area (Å²) in [5.74, 6) is -0.271. The summed E-state index contributed by atoms with van der Waals surface area (Å²) in [4.78, 5) is 28.7. The number of anilines is 1. The quantitative estimate of drug-likeness (QED) is 0.253. The van der Waals surface area contributed by atoms with Gasteiger partial charge in [-0.05, 0) is 73.2 Å². The predicted octanol–water partition coefficient (Wildman–Crippen LogP) is 6.27. The van der Waals surface area contributed by atoms with Crippen LogP contribution in [0.25, 0.3) is 0 Å². The summed E-state index contributed by atoms with van der Waals surface area (Å²) >= 11 is 3.43. The van der Waals surface area contributed by atoms with Crippen LogP contribution in [0.4, 0.5) is 5.69 Å². The first-order valence-electron chi connectivity index (χ1n) is 13.8. The SMILES string of the molecule is Cc1ccc(S(=O)(=O)N(CC(=O)N(Cc2ccc(Br)cc2)[C@H](C)C(=O)NCC(C)C)c2ccc(C(C)C)cc2)cc1. The first-order valence-corrected chi connectivity index (χ1v) is 16.0. The summed E-state index contributed by atoms with van der Waals surface area (Å²) in [5, 5.41) is 2.90. The molecule has 0 aromatic heterocycles. The number of nitrogens with one attached hydrogen (secondary N) is 1. The molecular weight excluding hydrogens is 602 g/mol. The second kappa shape index (κ2) is 14.1. The molecule has 9 heteroatoms. The number of sulfonamides is 1. The van der Waals surface area contributed by atoms with Gasteiger partial charge in [-0.3, -0.25) is 13.9 Å². The Balaban J connectivity index is 2.02. The molecule has 0 spiro atoms. The minimum absolute atomic E-state index is 0.0889. The lowest BCUT2D eigenvalue weighted by molar-refractivity contribution is -0.139. The molecule has 0 heterocycles. The highest BCUT2D eigenvalue weighted by Gasteiger charge is 2.32. The topological polar surface area (TPSA) is 86.8 Å². The Bertz CT molecular complexity index is 1420. The predicted molar refractivity (Wildman–Crippen MR) is 168 cm³/mol. The fourth-order valence-corrected chi connectivity index (χ4v) is 5.89. The molecule has 3 aromatic rings. The molecule has 41 heavy (non-hydrogen) atoms. The van der Waals surface area contributed by atoms with Crippen molar-refractivity contribution in [2.24, 2.45) is 5.92 Å². The van der Waals surface area contributed by atoms with Crippen LogP contribution in [-0.2, 0) is 26.2 Å². The number of halogens is 1. The number of amides is 2. The molecule has 7 nitrogen and oxygen atoms in total. The van der Waals surface area contributed by atoms with Crippen LogP contribution in [0.3, 0.4) is 0 Å². The summed E-state index contributed by atoms with van der Waals surface area (Å²) in [6.45, 7) is 11.8. The van der Waals surface area contributed by atoms with Crippen LogP contribution in [0.15, 0.2) is 82.2 Å². The van der Waals surface area contributed by atoms with Gasteiger partial charge in [0.1, 0.15) is 12.6 Å². The van der Waals surface area contributed by atoms with Gasteiger partial charge in [0.05, 0.1) is 10.6 Å². The van der Waals surface area contributed by atoms with E-state index in [2.05, 4.69) is 35.1 Å². The molecule has 0 bridgehead atoms. The monoisotopic (exact) mass is 641 g/mol. The number of carbonyl (C=O) groups excluding carboxylic acids is 2. The highest BCUT2D eigenvalue weighted by molar-refractivity contribution is 9.10. The zero-order valence-corrected chi connectivity index (χ0v) is 27.0. The largest absolute Gasteiger partial charge is 0.354 e. The van der Waals surface area contributed by atoms with E-state index in [0.29, 0.717) is 12.2 Å². The molecule has 0 radical (unpaired) electrons. The Morgan fingerprint density at radius 2 is 1.44 bits per heavy atom. The Labute approximate surface area is 253 Å². The van der Waals surface area contributed by atoms with Crippen LogP contribution in [0.2, 0.25) is 0 Å². The average molecular weight is 643 g/mol. The smallest absolute Gasteiger partial charge is 0.264 e. The van der Waals surface area contributed by atoms with Gasteiger partial charge >= 0.3 is 0 Å². The van der Waals surface area contributed by atoms with E-state index in [-0.39, 0.29) is 29.2 Å². The number of hydrogen-bond donors (Lipinski definition) is 1. The molecule has 1 N–H and O–H groups in total. The number of nitrogens with zero attached hydrogens (tertiary/aromatic N) is 2. The Morgan fingerprint density at radius 3 is 1.98 bits per heavy atom. The highest BCUT2D eigenvalue weighted by Crippen LogP contribution is 2.27. The first-order chi connectivity index (χ1) is 19.3. The van der Waals surface area contributed by atoms with Crippen LogP contribution in [0.5, 0.6) is 0 Å². The van der Waals surface area contributed by atoms with E-state index in [0.717, 1.165) is 25.5 Å². The number of aryl methyl sites for hydroxylation is 1. The molecule has 0 aliphatic heterocycles. The lowest BCUT2D eigenvalue weighted by Crippen LogP contribution is -2.51. The van der Waals surface area contributed by atoms with Crippen molar-refractivity contribution in [2.75, 3.05) is 17.4 Å². The molecule has 220 valence electrons. The van der Waals surface area contributed by atoms with Crippen molar-refractivity contribution in [1.29, 1.82) is 0 Å².